The zero-order chi connectivity index (χ0) is 19.1. The molecule has 7 nitrogen and oxygen atoms in total. The first-order valence-corrected chi connectivity index (χ1v) is 9.16. The van der Waals surface area contributed by atoms with Gasteiger partial charge in [-0.2, -0.15) is 0 Å². The number of hydrogen-bond acceptors (Lipinski definition) is 5. The average Bonchev–Trinajstić information content (AvgIpc) is 3.35. The van der Waals surface area contributed by atoms with Crippen LogP contribution < -0.4 is 10.6 Å². The molecular weight excluding hydrogens is 469 g/mol. The van der Waals surface area contributed by atoms with Crippen molar-refractivity contribution in [3.63, 3.8) is 0 Å². The summed E-state index contributed by atoms with van der Waals surface area (Å²) < 4.78 is 11.2. The first-order chi connectivity index (χ1) is 13.2. The van der Waals surface area contributed by atoms with Crippen molar-refractivity contribution in [2.24, 2.45) is 4.99 Å². The maximum absolute atomic E-state index is 5.81. The third kappa shape index (κ3) is 5.34. The van der Waals surface area contributed by atoms with E-state index in [0.717, 1.165) is 41.2 Å². The minimum atomic E-state index is 0. The topological polar surface area (TPSA) is 88.5 Å². The summed E-state index contributed by atoms with van der Waals surface area (Å²) in [5, 5.41) is 10.7. The van der Waals surface area contributed by atoms with Crippen molar-refractivity contribution in [1.29, 1.82) is 0 Å². The Morgan fingerprint density at radius 2 is 1.82 bits per heavy atom. The van der Waals surface area contributed by atoms with E-state index < -0.39 is 0 Å². The Bertz CT molecular complexity index is 868. The maximum atomic E-state index is 5.81. The first kappa shape index (κ1) is 21.9. The SMILES string of the molecule is CCc1noc(CC)c1CNC(=NC)NCc1ncc(-c2ccccc2)o1.I. The molecule has 0 spiro atoms. The van der Waals surface area contributed by atoms with Gasteiger partial charge in [0.2, 0.25) is 5.89 Å². The Labute approximate surface area is 182 Å². The van der Waals surface area contributed by atoms with Crippen LogP contribution in [0, 0.1) is 0 Å². The second-order valence-electron chi connectivity index (χ2n) is 6.00. The van der Waals surface area contributed by atoms with E-state index >= 15 is 0 Å². The molecule has 0 aliphatic rings. The Kier molecular flexibility index (Phi) is 8.49. The molecule has 28 heavy (non-hydrogen) atoms. The van der Waals surface area contributed by atoms with Crippen molar-refractivity contribution in [3.8, 4) is 11.3 Å². The highest BCUT2D eigenvalue weighted by molar-refractivity contribution is 14.0. The van der Waals surface area contributed by atoms with Gasteiger partial charge in [0.15, 0.2) is 11.7 Å². The number of aliphatic imine (C=N–C) groups is 1. The first-order valence-electron chi connectivity index (χ1n) is 9.16. The third-order valence-corrected chi connectivity index (χ3v) is 4.28. The average molecular weight is 495 g/mol. The quantitative estimate of drug-likeness (QED) is 0.293. The summed E-state index contributed by atoms with van der Waals surface area (Å²) in [5.74, 6) is 2.93. The lowest BCUT2D eigenvalue weighted by molar-refractivity contribution is 0.380. The van der Waals surface area contributed by atoms with Gasteiger partial charge in [-0.15, -0.1) is 24.0 Å². The van der Waals surface area contributed by atoms with Crippen LogP contribution >= 0.6 is 24.0 Å². The second kappa shape index (κ2) is 10.8. The van der Waals surface area contributed by atoms with Gasteiger partial charge >= 0.3 is 0 Å². The van der Waals surface area contributed by atoms with Crippen LogP contribution in [0.15, 0.2) is 50.5 Å². The smallest absolute Gasteiger partial charge is 0.214 e. The predicted molar refractivity (Wildman–Crippen MR) is 120 cm³/mol. The van der Waals surface area contributed by atoms with Crippen LogP contribution in [0.5, 0.6) is 0 Å². The van der Waals surface area contributed by atoms with E-state index in [4.69, 9.17) is 8.94 Å². The van der Waals surface area contributed by atoms with Gasteiger partial charge in [-0.3, -0.25) is 4.99 Å². The highest BCUT2D eigenvalue weighted by Gasteiger charge is 2.14. The lowest BCUT2D eigenvalue weighted by Gasteiger charge is -2.11. The van der Waals surface area contributed by atoms with Crippen LogP contribution in [0.4, 0.5) is 0 Å². The van der Waals surface area contributed by atoms with Gasteiger partial charge in [0.05, 0.1) is 18.4 Å². The summed E-state index contributed by atoms with van der Waals surface area (Å²) in [5.41, 5.74) is 3.09. The molecule has 0 unspecified atom stereocenters. The fraction of sp³-hybridized carbons (Fsp3) is 0.350. The molecule has 2 heterocycles. The molecule has 8 heteroatoms. The highest BCUT2D eigenvalue weighted by Crippen LogP contribution is 2.19. The van der Waals surface area contributed by atoms with Crippen molar-refractivity contribution in [1.82, 2.24) is 20.8 Å². The van der Waals surface area contributed by atoms with Crippen molar-refractivity contribution >= 4 is 29.9 Å². The molecule has 1 aromatic carbocycles. The van der Waals surface area contributed by atoms with E-state index in [0.29, 0.717) is 24.9 Å². The fourth-order valence-corrected chi connectivity index (χ4v) is 2.82. The number of aromatic nitrogens is 2. The number of aryl methyl sites for hydroxylation is 2. The molecule has 0 bridgehead atoms. The summed E-state index contributed by atoms with van der Waals surface area (Å²) >= 11 is 0. The van der Waals surface area contributed by atoms with Crippen LogP contribution in [-0.2, 0) is 25.9 Å². The van der Waals surface area contributed by atoms with Gasteiger partial charge in [-0.1, -0.05) is 49.3 Å². The molecule has 0 saturated carbocycles. The van der Waals surface area contributed by atoms with E-state index in [-0.39, 0.29) is 24.0 Å². The molecule has 0 aliphatic heterocycles. The number of hydrogen-bond donors (Lipinski definition) is 2. The van der Waals surface area contributed by atoms with E-state index in [9.17, 15) is 0 Å². The van der Waals surface area contributed by atoms with E-state index in [1.165, 1.54) is 0 Å². The van der Waals surface area contributed by atoms with Crippen LogP contribution in [0.1, 0.15) is 36.8 Å². The molecule has 3 rings (SSSR count). The molecule has 0 atom stereocenters. The summed E-state index contributed by atoms with van der Waals surface area (Å²) in [6.07, 6.45) is 3.39. The van der Waals surface area contributed by atoms with Gasteiger partial charge in [0.25, 0.3) is 0 Å². The van der Waals surface area contributed by atoms with Crippen LogP contribution in [-0.4, -0.2) is 23.1 Å². The molecule has 0 fully saturated rings. The number of halogens is 1. The van der Waals surface area contributed by atoms with Gasteiger partial charge in [-0.05, 0) is 6.42 Å². The van der Waals surface area contributed by atoms with E-state index in [2.05, 4.69) is 39.6 Å². The zero-order valence-electron chi connectivity index (χ0n) is 16.4. The van der Waals surface area contributed by atoms with Crippen LogP contribution in [0.2, 0.25) is 0 Å². The molecular formula is C20H26IN5O2. The summed E-state index contributed by atoms with van der Waals surface area (Å²) in [6, 6.07) is 9.91. The largest absolute Gasteiger partial charge is 0.439 e. The van der Waals surface area contributed by atoms with Crippen LogP contribution in [0.3, 0.4) is 0 Å². The zero-order valence-corrected chi connectivity index (χ0v) is 18.7. The standard InChI is InChI=1S/C20H25N5O2.HI/c1-4-16-15(17(5-2)27-25-16)11-23-20(21-3)24-13-19-22-12-18(26-19)14-9-7-6-8-10-14;/h6-10,12H,4-5,11,13H2,1-3H3,(H2,21,23,24);1H. The molecule has 3 aromatic rings. The molecule has 0 saturated heterocycles. The summed E-state index contributed by atoms with van der Waals surface area (Å²) in [7, 11) is 1.73. The normalized spacial score (nSPS) is 11.2. The molecule has 2 N–H and O–H groups in total. The number of rotatable bonds is 7. The molecule has 0 amide bonds. The van der Waals surface area contributed by atoms with Crippen molar-refractivity contribution in [3.05, 3.63) is 59.4 Å². The maximum Gasteiger partial charge on any atom is 0.214 e. The lowest BCUT2D eigenvalue weighted by atomic mass is 10.1. The lowest BCUT2D eigenvalue weighted by Crippen LogP contribution is -2.36. The second-order valence-corrected chi connectivity index (χ2v) is 6.00. The van der Waals surface area contributed by atoms with Crippen LogP contribution in [0.25, 0.3) is 11.3 Å². The van der Waals surface area contributed by atoms with Gasteiger partial charge in [0.1, 0.15) is 5.76 Å². The number of nitrogens with zero attached hydrogens (tertiary/aromatic N) is 3. The summed E-state index contributed by atoms with van der Waals surface area (Å²) in [4.78, 5) is 8.58. The van der Waals surface area contributed by atoms with Crippen molar-refractivity contribution < 1.29 is 8.94 Å². The van der Waals surface area contributed by atoms with Gasteiger partial charge < -0.3 is 19.6 Å². The number of benzene rings is 1. The Balaban J connectivity index is 0.00000280. The van der Waals surface area contributed by atoms with Gasteiger partial charge in [-0.25, -0.2) is 4.98 Å². The Hall–Kier alpha value is -2.36. The molecule has 0 aliphatic carbocycles. The minimum Gasteiger partial charge on any atom is -0.439 e. The number of oxazole rings is 1. The predicted octanol–water partition coefficient (Wildman–Crippen LogP) is 3.94. The molecule has 2 aromatic heterocycles. The summed E-state index contributed by atoms with van der Waals surface area (Å²) in [6.45, 7) is 5.18. The van der Waals surface area contributed by atoms with Crippen molar-refractivity contribution in [2.45, 2.75) is 39.8 Å². The number of nitrogens with one attached hydrogen (secondary N) is 2. The van der Waals surface area contributed by atoms with Gasteiger partial charge in [0, 0.05) is 31.1 Å². The van der Waals surface area contributed by atoms with E-state index in [1.54, 1.807) is 13.2 Å². The number of guanidine groups is 1. The Morgan fingerprint density at radius 3 is 2.50 bits per heavy atom. The van der Waals surface area contributed by atoms with Crippen molar-refractivity contribution in [2.75, 3.05) is 7.05 Å². The molecule has 0 radical (unpaired) electrons. The monoisotopic (exact) mass is 495 g/mol. The molecule has 150 valence electrons. The Morgan fingerprint density at radius 1 is 1.07 bits per heavy atom. The third-order valence-electron chi connectivity index (χ3n) is 4.28. The highest BCUT2D eigenvalue weighted by atomic mass is 127. The van der Waals surface area contributed by atoms with E-state index in [1.807, 2.05) is 30.3 Å². The fourth-order valence-electron chi connectivity index (χ4n) is 2.82. The minimum absolute atomic E-state index is 0.